The molecular formula is C18H18ClFN2O3. The summed E-state index contributed by atoms with van der Waals surface area (Å²) >= 11 is 5.69. The molecule has 5 nitrogen and oxygen atoms in total. The molecule has 0 heterocycles. The van der Waals surface area contributed by atoms with E-state index in [1.165, 1.54) is 19.1 Å². The summed E-state index contributed by atoms with van der Waals surface area (Å²) < 4.78 is 18.9. The normalized spacial score (nSPS) is 11.5. The molecule has 0 aliphatic heterocycles. The van der Waals surface area contributed by atoms with Crippen molar-refractivity contribution in [1.29, 1.82) is 0 Å². The largest absolute Gasteiger partial charge is 0.497 e. The molecule has 2 aromatic carbocycles. The lowest BCUT2D eigenvalue weighted by Gasteiger charge is -2.18. The molecule has 0 aliphatic rings. The second-order valence-corrected chi connectivity index (χ2v) is 5.84. The van der Waals surface area contributed by atoms with Crippen molar-refractivity contribution in [3.8, 4) is 5.75 Å². The summed E-state index contributed by atoms with van der Waals surface area (Å²) in [6.07, 6.45) is -0.0476. The maximum atomic E-state index is 13.8. The van der Waals surface area contributed by atoms with Gasteiger partial charge in [0, 0.05) is 11.9 Å². The highest BCUT2D eigenvalue weighted by Crippen LogP contribution is 2.23. The number of rotatable bonds is 6. The molecule has 2 N–H and O–H groups in total. The molecule has 2 amide bonds. The maximum Gasteiger partial charge on any atom is 0.226 e. The average molecular weight is 365 g/mol. The molecule has 0 radical (unpaired) electrons. The number of ether oxygens (including phenoxy) is 1. The van der Waals surface area contributed by atoms with Crippen LogP contribution in [0.2, 0.25) is 5.02 Å². The first kappa shape index (κ1) is 18.7. The van der Waals surface area contributed by atoms with Gasteiger partial charge in [-0.2, -0.15) is 0 Å². The van der Waals surface area contributed by atoms with E-state index in [2.05, 4.69) is 10.6 Å². The van der Waals surface area contributed by atoms with E-state index in [1.807, 2.05) is 0 Å². The van der Waals surface area contributed by atoms with E-state index in [0.29, 0.717) is 5.75 Å². The summed E-state index contributed by atoms with van der Waals surface area (Å²) in [5.41, 5.74) is 0.772. The zero-order chi connectivity index (χ0) is 18.4. The molecule has 0 fully saturated rings. The van der Waals surface area contributed by atoms with Gasteiger partial charge in [-0.3, -0.25) is 9.59 Å². The van der Waals surface area contributed by atoms with E-state index in [1.54, 1.807) is 31.4 Å². The van der Waals surface area contributed by atoms with E-state index >= 15 is 0 Å². The topological polar surface area (TPSA) is 67.4 Å². The highest BCUT2D eigenvalue weighted by atomic mass is 35.5. The minimum absolute atomic E-state index is 0.0331. The molecule has 2 aromatic rings. The van der Waals surface area contributed by atoms with Crippen molar-refractivity contribution in [2.24, 2.45) is 0 Å². The number of amides is 2. The highest BCUT2D eigenvalue weighted by molar-refractivity contribution is 6.30. The Morgan fingerprint density at radius 1 is 1.20 bits per heavy atom. The van der Waals surface area contributed by atoms with Gasteiger partial charge in [-0.15, -0.1) is 0 Å². The minimum Gasteiger partial charge on any atom is -0.497 e. The van der Waals surface area contributed by atoms with E-state index in [4.69, 9.17) is 16.3 Å². The van der Waals surface area contributed by atoms with E-state index in [-0.39, 0.29) is 23.0 Å². The van der Waals surface area contributed by atoms with E-state index < -0.39 is 17.8 Å². The molecule has 0 saturated carbocycles. The Hall–Kier alpha value is -2.60. The van der Waals surface area contributed by atoms with Crippen LogP contribution in [0.5, 0.6) is 5.75 Å². The van der Waals surface area contributed by atoms with Crippen LogP contribution >= 0.6 is 11.6 Å². The number of halogens is 2. The van der Waals surface area contributed by atoms with Gasteiger partial charge < -0.3 is 15.4 Å². The number of hydrogen-bond donors (Lipinski definition) is 2. The molecule has 0 aromatic heterocycles. The minimum atomic E-state index is -0.624. The fourth-order valence-corrected chi connectivity index (χ4v) is 2.47. The van der Waals surface area contributed by atoms with Gasteiger partial charge in [-0.1, -0.05) is 23.7 Å². The molecule has 2 rings (SSSR count). The van der Waals surface area contributed by atoms with E-state index in [9.17, 15) is 14.0 Å². The molecular weight excluding hydrogens is 347 g/mol. The Kier molecular flexibility index (Phi) is 6.36. The molecule has 0 aliphatic carbocycles. The third-order valence-electron chi connectivity index (χ3n) is 3.49. The van der Waals surface area contributed by atoms with Crippen molar-refractivity contribution in [3.05, 3.63) is 58.9 Å². The number of anilines is 1. The highest BCUT2D eigenvalue weighted by Gasteiger charge is 2.18. The van der Waals surface area contributed by atoms with Gasteiger partial charge >= 0.3 is 0 Å². The van der Waals surface area contributed by atoms with Crippen LogP contribution in [0.3, 0.4) is 0 Å². The monoisotopic (exact) mass is 364 g/mol. The number of carbonyl (C=O) groups excluding carboxylic acids is 2. The quantitative estimate of drug-likeness (QED) is 0.821. The van der Waals surface area contributed by atoms with Crippen LogP contribution in [-0.4, -0.2) is 18.9 Å². The number of carbonyl (C=O) groups is 2. The van der Waals surface area contributed by atoms with Crippen molar-refractivity contribution in [2.45, 2.75) is 19.4 Å². The summed E-state index contributed by atoms with van der Waals surface area (Å²) in [5.74, 6) is -0.665. The summed E-state index contributed by atoms with van der Waals surface area (Å²) in [6, 6.07) is 10.4. The Labute approximate surface area is 150 Å². The van der Waals surface area contributed by atoms with Crippen molar-refractivity contribution < 1.29 is 18.7 Å². The van der Waals surface area contributed by atoms with Crippen molar-refractivity contribution in [2.75, 3.05) is 12.4 Å². The van der Waals surface area contributed by atoms with Gasteiger partial charge in [0.05, 0.1) is 25.3 Å². The number of hydrogen-bond acceptors (Lipinski definition) is 3. The lowest BCUT2D eigenvalue weighted by molar-refractivity contribution is -0.120. The molecule has 0 saturated heterocycles. The SMILES string of the molecule is COc1ccc(C(CC(=O)Nc2ccc(Cl)cc2F)NC(C)=O)cc1. The molecule has 0 bridgehead atoms. The Morgan fingerprint density at radius 3 is 2.44 bits per heavy atom. The van der Waals surface area contributed by atoms with Gasteiger partial charge in [0.2, 0.25) is 11.8 Å². The van der Waals surface area contributed by atoms with Crippen molar-refractivity contribution >= 4 is 29.1 Å². The standard InChI is InChI=1S/C18H18ClFN2O3/c1-11(23)21-17(12-3-6-14(25-2)7-4-12)10-18(24)22-16-8-5-13(19)9-15(16)20/h3-9,17H,10H2,1-2H3,(H,21,23)(H,22,24). The zero-order valence-electron chi connectivity index (χ0n) is 13.8. The third-order valence-corrected chi connectivity index (χ3v) is 3.73. The predicted molar refractivity (Wildman–Crippen MR) is 94.2 cm³/mol. The Morgan fingerprint density at radius 2 is 1.88 bits per heavy atom. The fourth-order valence-electron chi connectivity index (χ4n) is 2.31. The van der Waals surface area contributed by atoms with Gasteiger partial charge in [-0.25, -0.2) is 4.39 Å². The lowest BCUT2D eigenvalue weighted by Crippen LogP contribution is -2.29. The van der Waals surface area contributed by atoms with Crippen LogP contribution in [0.25, 0.3) is 0 Å². The van der Waals surface area contributed by atoms with Gasteiger partial charge in [-0.05, 0) is 35.9 Å². The predicted octanol–water partition coefficient (Wildman–Crippen LogP) is 3.69. The van der Waals surface area contributed by atoms with Crippen LogP contribution < -0.4 is 15.4 Å². The first-order chi connectivity index (χ1) is 11.9. The Bertz CT molecular complexity index is 765. The van der Waals surface area contributed by atoms with Gasteiger partial charge in [0.15, 0.2) is 0 Å². The first-order valence-corrected chi connectivity index (χ1v) is 7.93. The smallest absolute Gasteiger partial charge is 0.226 e. The summed E-state index contributed by atoms with van der Waals surface area (Å²) in [5, 5.41) is 5.44. The molecule has 1 unspecified atom stereocenters. The summed E-state index contributed by atoms with van der Waals surface area (Å²) in [7, 11) is 1.55. The first-order valence-electron chi connectivity index (χ1n) is 7.55. The van der Waals surface area contributed by atoms with Crippen LogP contribution in [0.4, 0.5) is 10.1 Å². The second-order valence-electron chi connectivity index (χ2n) is 5.40. The van der Waals surface area contributed by atoms with Crippen LogP contribution in [0.1, 0.15) is 24.9 Å². The number of methoxy groups -OCH3 is 1. The van der Waals surface area contributed by atoms with Gasteiger partial charge in [0.1, 0.15) is 11.6 Å². The molecule has 0 spiro atoms. The summed E-state index contributed by atoms with van der Waals surface area (Å²) in [4.78, 5) is 23.7. The maximum absolute atomic E-state index is 13.8. The van der Waals surface area contributed by atoms with Crippen LogP contribution in [0, 0.1) is 5.82 Å². The average Bonchev–Trinajstić information content (AvgIpc) is 2.56. The third kappa shape index (κ3) is 5.46. The zero-order valence-corrected chi connectivity index (χ0v) is 14.6. The van der Waals surface area contributed by atoms with Crippen LogP contribution in [-0.2, 0) is 9.59 Å². The molecule has 132 valence electrons. The Balaban J connectivity index is 2.12. The molecule has 25 heavy (non-hydrogen) atoms. The summed E-state index contributed by atoms with van der Waals surface area (Å²) in [6.45, 7) is 1.37. The molecule has 7 heteroatoms. The van der Waals surface area contributed by atoms with Crippen molar-refractivity contribution in [3.63, 3.8) is 0 Å². The fraction of sp³-hybridized carbons (Fsp3) is 0.222. The molecule has 1 atom stereocenters. The number of nitrogens with one attached hydrogen (secondary N) is 2. The van der Waals surface area contributed by atoms with E-state index in [0.717, 1.165) is 11.6 Å². The lowest BCUT2D eigenvalue weighted by atomic mass is 10.0. The van der Waals surface area contributed by atoms with Gasteiger partial charge in [0.25, 0.3) is 0 Å². The van der Waals surface area contributed by atoms with Crippen molar-refractivity contribution in [1.82, 2.24) is 5.32 Å². The number of benzene rings is 2. The second kappa shape index (κ2) is 8.48. The van der Waals surface area contributed by atoms with Crippen LogP contribution in [0.15, 0.2) is 42.5 Å².